The van der Waals surface area contributed by atoms with Gasteiger partial charge < -0.3 is 15.4 Å². The number of alkyl halides is 6. The Bertz CT molecular complexity index is 1630. The molecule has 0 fully saturated rings. The van der Waals surface area contributed by atoms with Gasteiger partial charge >= 0.3 is 18.3 Å². The van der Waals surface area contributed by atoms with Crippen LogP contribution in [0.5, 0.6) is 0 Å². The van der Waals surface area contributed by atoms with Crippen molar-refractivity contribution < 1.29 is 41.0 Å². The number of amides is 1. The zero-order valence-electron chi connectivity index (χ0n) is 22.1. The monoisotopic (exact) mass is 577 g/mol. The minimum atomic E-state index is -4.99. The fourth-order valence-electron chi connectivity index (χ4n) is 4.83. The zero-order valence-corrected chi connectivity index (χ0v) is 22.1. The number of primary amides is 1. The number of pyridine rings is 1. The van der Waals surface area contributed by atoms with Crippen LogP contribution in [0.2, 0.25) is 0 Å². The summed E-state index contributed by atoms with van der Waals surface area (Å²) in [6.45, 7) is 5.92. The van der Waals surface area contributed by atoms with E-state index < -0.39 is 52.2 Å². The van der Waals surface area contributed by atoms with Crippen LogP contribution < -0.4 is 5.73 Å². The fourth-order valence-corrected chi connectivity index (χ4v) is 4.83. The molecule has 1 atom stereocenters. The van der Waals surface area contributed by atoms with E-state index in [0.29, 0.717) is 11.6 Å². The lowest BCUT2D eigenvalue weighted by Gasteiger charge is -2.35. The molecule has 2 aromatic heterocycles. The number of benzene rings is 2. The molecular weight excluding hydrogens is 552 g/mol. The summed E-state index contributed by atoms with van der Waals surface area (Å²) in [6, 6.07) is 12.4. The lowest BCUT2D eigenvalue weighted by Crippen LogP contribution is -2.49. The van der Waals surface area contributed by atoms with Gasteiger partial charge in [-0.3, -0.25) is 4.79 Å². The second kappa shape index (κ2) is 9.93. The summed E-state index contributed by atoms with van der Waals surface area (Å²) in [5.41, 5.74) is 0.589. The van der Waals surface area contributed by atoms with Gasteiger partial charge in [0, 0.05) is 18.0 Å². The second-order valence-corrected chi connectivity index (χ2v) is 10.7. The highest BCUT2D eigenvalue weighted by molar-refractivity contribution is 6.02. The number of nitrogens with two attached hydrogens (primary N) is 1. The number of aromatic nitrogens is 2. The van der Waals surface area contributed by atoms with Gasteiger partial charge in [0.2, 0.25) is 5.91 Å². The lowest BCUT2D eigenvalue weighted by atomic mass is 9.80. The molecule has 41 heavy (non-hydrogen) atoms. The van der Waals surface area contributed by atoms with Crippen LogP contribution in [0.3, 0.4) is 0 Å². The van der Waals surface area contributed by atoms with Gasteiger partial charge in [0.15, 0.2) is 11.2 Å². The first-order valence-corrected chi connectivity index (χ1v) is 12.3. The van der Waals surface area contributed by atoms with Crippen LogP contribution in [-0.4, -0.2) is 26.5 Å². The van der Waals surface area contributed by atoms with Crippen LogP contribution >= 0.6 is 0 Å². The third kappa shape index (κ3) is 5.50. The quantitative estimate of drug-likeness (QED) is 0.254. The summed E-state index contributed by atoms with van der Waals surface area (Å²) in [6.07, 6.45) is -9.01. The number of hydrogen-bond donors (Lipinski definition) is 2. The molecule has 0 radical (unpaired) electrons. The Labute approximate surface area is 230 Å². The van der Waals surface area contributed by atoms with Crippen LogP contribution in [-0.2, 0) is 34.5 Å². The van der Waals surface area contributed by atoms with Crippen LogP contribution in [0.1, 0.15) is 59.2 Å². The maximum atomic E-state index is 13.7. The predicted octanol–water partition coefficient (Wildman–Crippen LogP) is 6.54. The molecule has 2 aromatic carbocycles. The molecule has 0 saturated heterocycles. The normalized spacial score (nSPS) is 14.2. The van der Waals surface area contributed by atoms with E-state index in [0.717, 1.165) is 40.6 Å². The molecule has 1 unspecified atom stereocenters. The lowest BCUT2D eigenvalue weighted by molar-refractivity contribution is -0.141. The van der Waals surface area contributed by atoms with Crippen molar-refractivity contribution in [1.82, 2.24) is 9.55 Å². The topological polar surface area (TPSA) is 98.2 Å². The van der Waals surface area contributed by atoms with Crippen molar-refractivity contribution >= 4 is 22.8 Å². The maximum Gasteiger partial charge on any atom is 0.433 e. The predicted molar refractivity (Wildman–Crippen MR) is 138 cm³/mol. The van der Waals surface area contributed by atoms with E-state index in [2.05, 4.69) is 4.98 Å². The first kappa shape index (κ1) is 29.6. The molecule has 0 aliphatic heterocycles. The number of rotatable bonds is 6. The summed E-state index contributed by atoms with van der Waals surface area (Å²) in [4.78, 5) is 28.9. The van der Waals surface area contributed by atoms with Crippen molar-refractivity contribution in [3.05, 3.63) is 101 Å². The van der Waals surface area contributed by atoms with E-state index in [9.17, 15) is 41.0 Å². The minimum Gasteiger partial charge on any atom is -0.476 e. The van der Waals surface area contributed by atoms with Gasteiger partial charge in [0.25, 0.3) is 0 Å². The number of hydrogen-bond acceptors (Lipinski definition) is 3. The summed E-state index contributed by atoms with van der Waals surface area (Å²) >= 11 is 0. The van der Waals surface area contributed by atoms with Crippen molar-refractivity contribution in [2.24, 2.45) is 5.73 Å². The van der Waals surface area contributed by atoms with Crippen molar-refractivity contribution in [2.45, 2.75) is 50.5 Å². The first-order valence-electron chi connectivity index (χ1n) is 12.3. The highest BCUT2D eigenvalue weighted by atomic mass is 19.4. The number of aromatic carboxylic acids is 1. The van der Waals surface area contributed by atoms with Gasteiger partial charge in [-0.1, -0.05) is 57.2 Å². The first-order chi connectivity index (χ1) is 18.9. The molecular formula is C29H25F6N3O3. The highest BCUT2D eigenvalue weighted by Gasteiger charge is 2.44. The van der Waals surface area contributed by atoms with E-state index in [1.54, 1.807) is 24.3 Å². The molecule has 216 valence electrons. The van der Waals surface area contributed by atoms with Crippen LogP contribution in [0, 0.1) is 0 Å². The summed E-state index contributed by atoms with van der Waals surface area (Å²) in [5.74, 6) is -3.00. The number of carboxylic acid groups (broad SMARTS) is 1. The van der Waals surface area contributed by atoms with Gasteiger partial charge in [-0.25, -0.2) is 9.78 Å². The molecule has 4 aromatic rings. The van der Waals surface area contributed by atoms with E-state index in [-0.39, 0.29) is 22.8 Å². The minimum absolute atomic E-state index is 0.241. The highest BCUT2D eigenvalue weighted by Crippen LogP contribution is 2.40. The molecule has 0 saturated carbocycles. The summed E-state index contributed by atoms with van der Waals surface area (Å²) in [5, 5.41) is 9.58. The third-order valence-corrected chi connectivity index (χ3v) is 6.93. The molecule has 3 N–H and O–H groups in total. The Kier molecular flexibility index (Phi) is 7.18. The molecule has 0 bridgehead atoms. The van der Waals surface area contributed by atoms with Gasteiger partial charge in [0.1, 0.15) is 5.69 Å². The third-order valence-electron chi connectivity index (χ3n) is 6.93. The Morgan fingerprint density at radius 1 is 0.854 bits per heavy atom. The van der Waals surface area contributed by atoms with Crippen LogP contribution in [0.15, 0.2) is 66.9 Å². The van der Waals surface area contributed by atoms with Gasteiger partial charge in [-0.05, 0) is 46.4 Å². The number of carbonyl (C=O) groups excluding carboxylic acids is 1. The number of nitrogens with zero attached hydrogens (tertiary/aromatic N) is 2. The van der Waals surface area contributed by atoms with Gasteiger partial charge in [-0.2, -0.15) is 26.3 Å². The van der Waals surface area contributed by atoms with Crippen molar-refractivity contribution in [3.63, 3.8) is 0 Å². The average molecular weight is 578 g/mol. The van der Waals surface area contributed by atoms with E-state index in [4.69, 9.17) is 5.73 Å². The van der Waals surface area contributed by atoms with Gasteiger partial charge in [0.05, 0.1) is 11.1 Å². The Hall–Kier alpha value is -4.35. The van der Waals surface area contributed by atoms with Crippen molar-refractivity contribution in [1.29, 1.82) is 0 Å². The Morgan fingerprint density at radius 3 is 1.98 bits per heavy atom. The molecule has 4 rings (SSSR count). The summed E-state index contributed by atoms with van der Waals surface area (Å²) in [7, 11) is 0. The smallest absolute Gasteiger partial charge is 0.433 e. The van der Waals surface area contributed by atoms with Crippen molar-refractivity contribution in [3.8, 4) is 0 Å². The fraction of sp³-hybridized carbons (Fsp3) is 0.276. The Morgan fingerprint density at radius 2 is 1.46 bits per heavy atom. The Balaban J connectivity index is 2.08. The van der Waals surface area contributed by atoms with E-state index in [1.165, 1.54) is 6.07 Å². The molecule has 0 aliphatic carbocycles. The van der Waals surface area contributed by atoms with Gasteiger partial charge in [-0.15, -0.1) is 0 Å². The largest absolute Gasteiger partial charge is 0.476 e. The molecule has 2 heterocycles. The SMILES string of the molecule is CC(C)(C)c1ccc(CC(C(N)=O)(c2cccc(C(F)(F)F)c2)n2ccc3cc(C(F)(F)F)nc(C(=O)O)c32)cc1. The van der Waals surface area contributed by atoms with Crippen LogP contribution in [0.25, 0.3) is 10.9 Å². The maximum absolute atomic E-state index is 13.7. The number of carbonyl (C=O) groups is 2. The average Bonchev–Trinajstić information content (AvgIpc) is 3.29. The zero-order chi connectivity index (χ0) is 30.5. The number of fused-ring (bicyclic) bond motifs is 1. The molecule has 12 heteroatoms. The number of halogens is 6. The van der Waals surface area contributed by atoms with E-state index >= 15 is 0 Å². The second-order valence-electron chi connectivity index (χ2n) is 10.7. The molecule has 0 aliphatic rings. The van der Waals surface area contributed by atoms with Crippen molar-refractivity contribution in [2.75, 3.05) is 0 Å². The summed E-state index contributed by atoms with van der Waals surface area (Å²) < 4.78 is 82.8. The number of carboxylic acids is 1. The standard InChI is InChI=1S/C29H25F6N3O3/c1-26(2,3)18-9-7-16(8-10-18)15-27(25(36)41,19-5-4-6-20(14-19)28(30,31)32)38-12-11-17-13-21(29(33,34)35)37-22(23(17)38)24(39)40/h4-14H,15H2,1-3H3,(H2,36,41)(H,39,40). The molecule has 1 amide bonds. The molecule has 0 spiro atoms. The molecule has 6 nitrogen and oxygen atoms in total. The van der Waals surface area contributed by atoms with E-state index in [1.807, 2.05) is 20.8 Å². The van der Waals surface area contributed by atoms with Crippen LogP contribution in [0.4, 0.5) is 26.3 Å².